The first-order valence-corrected chi connectivity index (χ1v) is 9.42. The van der Waals surface area contributed by atoms with Gasteiger partial charge in [-0.3, -0.25) is 9.69 Å². The molecule has 0 spiro atoms. The fourth-order valence-electron chi connectivity index (χ4n) is 4.34. The van der Waals surface area contributed by atoms with E-state index in [9.17, 15) is 9.18 Å². The standard InChI is InChI=1S/C21H22ClFN2O2/c1-25(10-15-5-3-2-4-6-15)21-12-20(13-21,14-21)24-19(26)11-27-16-7-8-17(22)18(23)9-16/h2-9H,10-14H2,1H3,(H,24,26). The summed E-state index contributed by atoms with van der Waals surface area (Å²) in [6.07, 6.45) is 2.89. The highest BCUT2D eigenvalue weighted by molar-refractivity contribution is 6.30. The quantitative estimate of drug-likeness (QED) is 0.784. The van der Waals surface area contributed by atoms with Crippen molar-refractivity contribution in [2.45, 2.75) is 36.9 Å². The van der Waals surface area contributed by atoms with E-state index in [1.54, 1.807) is 6.07 Å². The molecule has 2 aromatic rings. The van der Waals surface area contributed by atoms with Crippen LogP contribution in [0.5, 0.6) is 5.75 Å². The van der Waals surface area contributed by atoms with Gasteiger partial charge in [0.1, 0.15) is 11.6 Å². The molecule has 0 atom stereocenters. The molecule has 27 heavy (non-hydrogen) atoms. The average Bonchev–Trinajstić information content (AvgIpc) is 2.58. The van der Waals surface area contributed by atoms with Gasteiger partial charge in [-0.25, -0.2) is 4.39 Å². The zero-order valence-electron chi connectivity index (χ0n) is 15.2. The van der Waals surface area contributed by atoms with Crippen molar-refractivity contribution >= 4 is 17.5 Å². The highest BCUT2D eigenvalue weighted by Gasteiger charge is 2.70. The van der Waals surface area contributed by atoms with Crippen molar-refractivity contribution in [1.82, 2.24) is 10.2 Å². The Labute approximate surface area is 163 Å². The van der Waals surface area contributed by atoms with Crippen molar-refractivity contribution in [3.05, 3.63) is 64.9 Å². The topological polar surface area (TPSA) is 41.6 Å². The lowest BCUT2D eigenvalue weighted by molar-refractivity contribution is -0.179. The minimum absolute atomic E-state index is 0.0330. The maximum atomic E-state index is 13.4. The van der Waals surface area contributed by atoms with Gasteiger partial charge in [0.2, 0.25) is 0 Å². The monoisotopic (exact) mass is 388 g/mol. The number of benzene rings is 2. The van der Waals surface area contributed by atoms with Crippen LogP contribution in [0, 0.1) is 5.82 Å². The summed E-state index contributed by atoms with van der Waals surface area (Å²) >= 11 is 5.64. The maximum Gasteiger partial charge on any atom is 0.258 e. The molecule has 3 aliphatic carbocycles. The van der Waals surface area contributed by atoms with Gasteiger partial charge in [0.15, 0.2) is 6.61 Å². The molecular formula is C21H22ClFN2O2. The lowest BCUT2D eigenvalue weighted by Crippen LogP contribution is -2.83. The second-order valence-electron chi connectivity index (χ2n) is 7.79. The van der Waals surface area contributed by atoms with Gasteiger partial charge in [0.25, 0.3) is 5.91 Å². The number of nitrogens with zero attached hydrogens (tertiary/aromatic N) is 1. The molecule has 0 saturated heterocycles. The van der Waals surface area contributed by atoms with E-state index in [1.807, 2.05) is 6.07 Å². The Bertz CT molecular complexity index is 839. The third-order valence-corrected chi connectivity index (χ3v) is 6.05. The number of carbonyl (C=O) groups excluding carboxylic acids is 1. The number of hydrogen-bond acceptors (Lipinski definition) is 3. The van der Waals surface area contributed by atoms with Gasteiger partial charge in [-0.05, 0) is 44.0 Å². The number of carbonyl (C=O) groups is 1. The van der Waals surface area contributed by atoms with Crippen LogP contribution in [0.15, 0.2) is 48.5 Å². The summed E-state index contributed by atoms with van der Waals surface area (Å²) in [5, 5.41) is 3.12. The number of ether oxygens (including phenoxy) is 1. The van der Waals surface area contributed by atoms with Gasteiger partial charge >= 0.3 is 0 Å². The first-order chi connectivity index (χ1) is 12.9. The third kappa shape index (κ3) is 3.54. The molecule has 0 radical (unpaired) electrons. The van der Waals surface area contributed by atoms with Gasteiger partial charge in [0.05, 0.1) is 5.02 Å². The molecule has 0 heterocycles. The molecule has 5 rings (SSSR count). The summed E-state index contributed by atoms with van der Waals surface area (Å²) in [6, 6.07) is 14.6. The number of nitrogens with one attached hydrogen (secondary N) is 1. The van der Waals surface area contributed by atoms with Crippen molar-refractivity contribution in [1.29, 1.82) is 0 Å². The predicted molar refractivity (Wildman–Crippen MR) is 102 cm³/mol. The number of hydrogen-bond donors (Lipinski definition) is 1. The summed E-state index contributed by atoms with van der Waals surface area (Å²) in [7, 11) is 2.15. The maximum absolute atomic E-state index is 13.4. The van der Waals surface area contributed by atoms with Gasteiger partial charge in [-0.15, -0.1) is 0 Å². The Morgan fingerprint density at radius 1 is 1.22 bits per heavy atom. The molecule has 2 aromatic carbocycles. The fraction of sp³-hybridized carbons (Fsp3) is 0.381. The Morgan fingerprint density at radius 2 is 1.93 bits per heavy atom. The van der Waals surface area contributed by atoms with Crippen LogP contribution < -0.4 is 10.1 Å². The smallest absolute Gasteiger partial charge is 0.258 e. The minimum atomic E-state index is -0.558. The Morgan fingerprint density at radius 3 is 2.59 bits per heavy atom. The summed E-state index contributed by atoms with van der Waals surface area (Å²) in [6.45, 7) is 0.784. The average molecular weight is 389 g/mol. The molecule has 142 valence electrons. The van der Waals surface area contributed by atoms with E-state index in [0.717, 1.165) is 25.8 Å². The van der Waals surface area contributed by atoms with Crippen molar-refractivity contribution < 1.29 is 13.9 Å². The van der Waals surface area contributed by atoms with Crippen LogP contribution in [-0.2, 0) is 11.3 Å². The van der Waals surface area contributed by atoms with E-state index in [0.29, 0.717) is 5.75 Å². The molecule has 1 amide bonds. The Balaban J connectivity index is 1.24. The van der Waals surface area contributed by atoms with E-state index < -0.39 is 5.82 Å². The predicted octanol–water partition coefficient (Wildman–Crippen LogP) is 3.78. The van der Waals surface area contributed by atoms with Crippen molar-refractivity contribution in [2.24, 2.45) is 0 Å². The number of amides is 1. The highest BCUT2D eigenvalue weighted by atomic mass is 35.5. The van der Waals surface area contributed by atoms with Gasteiger partial charge < -0.3 is 10.1 Å². The fourth-order valence-corrected chi connectivity index (χ4v) is 4.46. The molecule has 0 aromatic heterocycles. The molecule has 3 aliphatic rings. The van der Waals surface area contributed by atoms with Crippen LogP contribution in [0.25, 0.3) is 0 Å². The van der Waals surface area contributed by atoms with Crippen molar-refractivity contribution in [3.63, 3.8) is 0 Å². The van der Waals surface area contributed by atoms with E-state index in [2.05, 4.69) is 41.5 Å². The Hall–Kier alpha value is -2.11. The summed E-state index contributed by atoms with van der Waals surface area (Å²) in [4.78, 5) is 14.6. The van der Waals surface area contributed by atoms with Gasteiger partial charge in [0, 0.05) is 23.7 Å². The molecule has 3 fully saturated rings. The lowest BCUT2D eigenvalue weighted by Gasteiger charge is -2.73. The van der Waals surface area contributed by atoms with Crippen molar-refractivity contribution in [3.8, 4) is 5.75 Å². The van der Waals surface area contributed by atoms with Crippen LogP contribution in [0.1, 0.15) is 24.8 Å². The molecule has 0 aliphatic heterocycles. The second kappa shape index (κ2) is 6.80. The minimum Gasteiger partial charge on any atom is -0.484 e. The van der Waals surface area contributed by atoms with Crippen LogP contribution in [0.2, 0.25) is 5.02 Å². The summed E-state index contributed by atoms with van der Waals surface area (Å²) in [5.41, 5.74) is 1.39. The third-order valence-electron chi connectivity index (χ3n) is 5.74. The second-order valence-corrected chi connectivity index (χ2v) is 8.20. The van der Waals surface area contributed by atoms with Gasteiger partial charge in [-0.2, -0.15) is 0 Å². The molecule has 0 unspecified atom stereocenters. The highest BCUT2D eigenvalue weighted by Crippen LogP contribution is 2.63. The largest absolute Gasteiger partial charge is 0.484 e. The molecule has 1 N–H and O–H groups in total. The van der Waals surface area contributed by atoms with Crippen LogP contribution in [0.3, 0.4) is 0 Å². The molecular weight excluding hydrogens is 367 g/mol. The van der Waals surface area contributed by atoms with E-state index in [-0.39, 0.29) is 28.6 Å². The van der Waals surface area contributed by atoms with Crippen LogP contribution >= 0.6 is 11.6 Å². The SMILES string of the molecule is CN(Cc1ccccc1)C12CC(NC(=O)COc3ccc(Cl)c(F)c3)(C1)C2. The zero-order chi connectivity index (χ0) is 19.1. The van der Waals surface area contributed by atoms with E-state index in [1.165, 1.54) is 17.7 Å². The summed E-state index contributed by atoms with van der Waals surface area (Å²) in [5.74, 6) is -0.439. The van der Waals surface area contributed by atoms with Crippen LogP contribution in [0.4, 0.5) is 4.39 Å². The zero-order valence-corrected chi connectivity index (χ0v) is 15.9. The first-order valence-electron chi connectivity index (χ1n) is 9.04. The first kappa shape index (κ1) is 18.3. The normalized spacial score (nSPS) is 25.5. The molecule has 2 bridgehead atoms. The van der Waals surface area contributed by atoms with Gasteiger partial charge in [-0.1, -0.05) is 41.9 Å². The summed E-state index contributed by atoms with van der Waals surface area (Å²) < 4.78 is 18.8. The van der Waals surface area contributed by atoms with E-state index >= 15 is 0 Å². The number of halogens is 2. The van der Waals surface area contributed by atoms with Crippen LogP contribution in [-0.4, -0.2) is 35.5 Å². The molecule has 4 nitrogen and oxygen atoms in total. The Kier molecular flexibility index (Phi) is 4.60. The van der Waals surface area contributed by atoms with E-state index in [4.69, 9.17) is 16.3 Å². The molecule has 3 saturated carbocycles. The van der Waals surface area contributed by atoms with Crippen molar-refractivity contribution in [2.75, 3.05) is 13.7 Å². The molecule has 6 heteroatoms. The lowest BCUT2D eigenvalue weighted by atomic mass is 9.43. The number of rotatable bonds is 7.